The predicted molar refractivity (Wildman–Crippen MR) is 158 cm³/mol. The van der Waals surface area contributed by atoms with Gasteiger partial charge in [0.15, 0.2) is 18.0 Å². The molecule has 3 rings (SSSR count). The lowest BCUT2D eigenvalue weighted by molar-refractivity contribution is -0.299. The monoisotopic (exact) mass is 630 g/mol. The molecule has 0 aromatic heterocycles. The van der Waals surface area contributed by atoms with Gasteiger partial charge in [0.2, 0.25) is 5.91 Å². The second kappa shape index (κ2) is 13.8. The number of ether oxygens (including phenoxy) is 5. The van der Waals surface area contributed by atoms with E-state index in [1.165, 1.54) is 11.8 Å². The average Bonchev–Trinajstić information content (AvgIpc) is 3.26. The van der Waals surface area contributed by atoms with Gasteiger partial charge in [0, 0.05) is 25.0 Å². The van der Waals surface area contributed by atoms with Crippen LogP contribution in [0.15, 0.2) is 0 Å². The summed E-state index contributed by atoms with van der Waals surface area (Å²) in [5.41, 5.74) is -3.15. The Morgan fingerprint density at radius 2 is 1.61 bits per heavy atom. The molecule has 3 aliphatic rings. The largest absolute Gasteiger partial charge is 0.509 e. The van der Waals surface area contributed by atoms with E-state index in [0.29, 0.717) is 6.42 Å². The molecule has 0 aromatic carbocycles. The van der Waals surface area contributed by atoms with Crippen LogP contribution in [0.5, 0.6) is 0 Å². The van der Waals surface area contributed by atoms with Crippen molar-refractivity contribution in [2.75, 3.05) is 21.1 Å². The zero-order chi connectivity index (χ0) is 33.5. The highest BCUT2D eigenvalue weighted by molar-refractivity contribution is 5.80. The van der Waals surface area contributed by atoms with Crippen molar-refractivity contribution in [2.45, 2.75) is 141 Å². The lowest BCUT2D eigenvalue weighted by atomic mass is 9.79. The number of aliphatic hydroxyl groups is 3. The van der Waals surface area contributed by atoms with E-state index in [4.69, 9.17) is 23.7 Å². The van der Waals surface area contributed by atoms with Crippen LogP contribution in [0, 0.1) is 17.8 Å². The molecule has 3 saturated heterocycles. The number of amides is 1. The Hall–Kier alpha value is -2.03. The Morgan fingerprint density at radius 1 is 1.00 bits per heavy atom. The van der Waals surface area contributed by atoms with E-state index in [1.54, 1.807) is 48.6 Å². The van der Waals surface area contributed by atoms with E-state index in [9.17, 15) is 29.7 Å². The average molecular weight is 631 g/mol. The molecule has 0 aromatic rings. The van der Waals surface area contributed by atoms with Crippen molar-refractivity contribution in [3.05, 3.63) is 0 Å². The third-order valence-electron chi connectivity index (χ3n) is 9.99. The molecule has 1 amide bonds. The minimum absolute atomic E-state index is 0.00774. The van der Waals surface area contributed by atoms with Crippen LogP contribution >= 0.6 is 0 Å². The van der Waals surface area contributed by atoms with Gasteiger partial charge in [0.05, 0.1) is 35.7 Å². The number of aliphatic hydroxyl groups excluding tert-OH is 2. The first-order valence-electron chi connectivity index (χ1n) is 15.7. The molecule has 14 atom stereocenters. The van der Waals surface area contributed by atoms with Crippen molar-refractivity contribution in [2.24, 2.45) is 17.8 Å². The summed E-state index contributed by atoms with van der Waals surface area (Å²) in [6.07, 6.45) is -7.15. The number of carbonyl (C=O) groups excluding carboxylic acids is 3. The van der Waals surface area contributed by atoms with Crippen LogP contribution in [0.4, 0.5) is 4.79 Å². The summed E-state index contributed by atoms with van der Waals surface area (Å²) in [5, 5.41) is 34.8. The predicted octanol–water partition coefficient (Wildman–Crippen LogP) is 1.68. The van der Waals surface area contributed by atoms with E-state index in [-0.39, 0.29) is 30.9 Å². The maximum atomic E-state index is 13.8. The highest BCUT2D eigenvalue weighted by Crippen LogP contribution is 2.40. The fourth-order valence-electron chi connectivity index (χ4n) is 7.11. The summed E-state index contributed by atoms with van der Waals surface area (Å²) in [7, 11) is 5.29. The minimum Gasteiger partial charge on any atom is -0.458 e. The summed E-state index contributed by atoms with van der Waals surface area (Å²) >= 11 is 0. The second-order valence-corrected chi connectivity index (χ2v) is 13.8. The molecule has 254 valence electrons. The van der Waals surface area contributed by atoms with Gasteiger partial charge in [-0.2, -0.15) is 0 Å². The molecule has 0 bridgehead atoms. The Bertz CT molecular complexity index is 1040. The number of likely N-dealkylation sites (N-methyl/N-ethyl adjacent to an activating group) is 1. The summed E-state index contributed by atoms with van der Waals surface area (Å²) in [6.45, 7) is 13.3. The Kier molecular flexibility index (Phi) is 11.4. The molecule has 0 spiro atoms. The van der Waals surface area contributed by atoms with Gasteiger partial charge in [0.1, 0.15) is 12.2 Å². The van der Waals surface area contributed by atoms with Gasteiger partial charge in [-0.1, -0.05) is 13.8 Å². The van der Waals surface area contributed by atoms with E-state index in [2.05, 4.69) is 0 Å². The van der Waals surface area contributed by atoms with Gasteiger partial charge in [-0.05, 0) is 74.9 Å². The van der Waals surface area contributed by atoms with Gasteiger partial charge in [-0.3, -0.25) is 9.59 Å². The van der Waals surface area contributed by atoms with Gasteiger partial charge in [-0.15, -0.1) is 0 Å². The Morgan fingerprint density at radius 3 is 2.18 bits per heavy atom. The van der Waals surface area contributed by atoms with Gasteiger partial charge >= 0.3 is 12.1 Å². The van der Waals surface area contributed by atoms with Gasteiger partial charge in [0.25, 0.3) is 0 Å². The van der Waals surface area contributed by atoms with Crippen LogP contribution in [0.2, 0.25) is 0 Å². The lowest BCUT2D eigenvalue weighted by Gasteiger charge is -2.47. The van der Waals surface area contributed by atoms with Gasteiger partial charge in [-0.25, -0.2) is 4.79 Å². The quantitative estimate of drug-likeness (QED) is 0.386. The third kappa shape index (κ3) is 7.18. The number of cyclic esters (lactones) is 1. The molecule has 0 aliphatic carbocycles. The van der Waals surface area contributed by atoms with E-state index < -0.39 is 83.9 Å². The third-order valence-corrected chi connectivity index (χ3v) is 9.99. The Labute approximate surface area is 261 Å². The molecule has 3 heterocycles. The van der Waals surface area contributed by atoms with Crippen molar-refractivity contribution in [1.29, 1.82) is 0 Å². The van der Waals surface area contributed by atoms with Gasteiger partial charge < -0.3 is 48.8 Å². The summed E-state index contributed by atoms with van der Waals surface area (Å²) in [6, 6.07) is -0.829. The fraction of sp³-hybridized carbons (Fsp3) is 0.903. The van der Waals surface area contributed by atoms with E-state index in [0.717, 1.165) is 0 Å². The summed E-state index contributed by atoms with van der Waals surface area (Å²) < 4.78 is 29.3. The number of rotatable bonds is 4. The normalized spacial score (nSPS) is 46.4. The highest BCUT2D eigenvalue weighted by Gasteiger charge is 2.58. The number of esters is 1. The van der Waals surface area contributed by atoms with Crippen LogP contribution in [0.25, 0.3) is 0 Å². The Balaban J connectivity index is 2.06. The molecule has 0 unspecified atom stereocenters. The number of hydrogen-bond donors (Lipinski definition) is 3. The molecule has 13 nitrogen and oxygen atoms in total. The number of fused-ring (bicyclic) bond motifs is 1. The van der Waals surface area contributed by atoms with Crippen LogP contribution < -0.4 is 0 Å². The molecular formula is C31H54N2O11. The number of nitrogens with zero attached hydrogens (tertiary/aromatic N) is 2. The first-order chi connectivity index (χ1) is 20.3. The maximum Gasteiger partial charge on any atom is 0.509 e. The first-order valence-corrected chi connectivity index (χ1v) is 15.7. The fourth-order valence-corrected chi connectivity index (χ4v) is 7.11. The molecule has 13 heteroatoms. The summed E-state index contributed by atoms with van der Waals surface area (Å²) in [4.78, 5) is 43.0. The van der Waals surface area contributed by atoms with Crippen molar-refractivity contribution in [3.63, 3.8) is 0 Å². The zero-order valence-electron chi connectivity index (χ0n) is 28.1. The molecular weight excluding hydrogens is 576 g/mol. The van der Waals surface area contributed by atoms with Crippen LogP contribution in [0.3, 0.4) is 0 Å². The SMILES string of the molecule is CC[C@H]1OC(=O)[C@H](C)[C@@H](O)[C@H](C)[C@@H](O[C@@H]2O[C@H](C)C[C@H](N(C)C)[C@H]2O)[C@](C)(O)C[C@@H](C)N(C)C(=O)[C@H](C)[C@H]2OC(=O)O[C@@]21C. The standard InChI is InChI=1S/C31H54N2O11/c1-12-21-31(8)25(43-29(38)44-31)19(6)26(36)33(11)15(2)14-30(7,39)24(17(4)22(34)18(5)27(37)41-21)42-28-23(35)20(32(9)10)13-16(3)40-28/h15-25,28,34-35,39H,12-14H2,1-11H3/t15-,16-,17+,18-,19-,20+,21-,22+,23-,24-,25-,28+,30-,31-/m1/s1. The van der Waals surface area contributed by atoms with Crippen LogP contribution in [-0.2, 0) is 33.3 Å². The topological polar surface area (TPSA) is 165 Å². The second-order valence-electron chi connectivity index (χ2n) is 13.8. The van der Waals surface area contributed by atoms with E-state index >= 15 is 0 Å². The van der Waals surface area contributed by atoms with Crippen LogP contribution in [-0.4, -0.2) is 130 Å². The molecule has 3 aliphatic heterocycles. The molecule has 0 radical (unpaired) electrons. The van der Waals surface area contributed by atoms with Crippen molar-refractivity contribution in [3.8, 4) is 0 Å². The van der Waals surface area contributed by atoms with Crippen LogP contribution in [0.1, 0.15) is 74.7 Å². The molecule has 3 fully saturated rings. The number of hydrogen-bond acceptors (Lipinski definition) is 12. The first kappa shape index (κ1) is 36.4. The molecule has 44 heavy (non-hydrogen) atoms. The van der Waals surface area contributed by atoms with Crippen molar-refractivity contribution >= 4 is 18.0 Å². The maximum absolute atomic E-state index is 13.8. The molecule has 3 N–H and O–H groups in total. The smallest absolute Gasteiger partial charge is 0.458 e. The summed E-state index contributed by atoms with van der Waals surface area (Å²) in [5.74, 6) is -3.97. The lowest BCUT2D eigenvalue weighted by Crippen LogP contribution is -2.59. The number of carbonyl (C=O) groups is 3. The van der Waals surface area contributed by atoms with E-state index in [1.807, 2.05) is 25.9 Å². The van der Waals surface area contributed by atoms with Crippen molar-refractivity contribution < 1.29 is 53.4 Å². The zero-order valence-corrected chi connectivity index (χ0v) is 28.1. The van der Waals surface area contributed by atoms with Crippen molar-refractivity contribution in [1.82, 2.24) is 9.80 Å². The highest BCUT2D eigenvalue weighted by atomic mass is 16.8. The minimum atomic E-state index is -1.68. The molecule has 0 saturated carbocycles.